The van der Waals surface area contributed by atoms with Crippen molar-refractivity contribution in [1.82, 2.24) is 0 Å². The first kappa shape index (κ1) is 34.4. The van der Waals surface area contributed by atoms with Gasteiger partial charge in [0.15, 0.2) is 0 Å². The standard InChI is InChI=1S/C31H28O15/c1-3-31(18-38-28(35)44-41-25(32)22-10-6-4-7-11-22,19-39-29(36)45-42-26(33)23-12-8-5-9-13-23)20-40-30(37)46-43-27(34)24-16-14-21(2)15-17-24/h4-17H,3,18-20H2,1-2H3. The minimum absolute atomic E-state index is 0.0115. The number of carbonyl (C=O) groups is 6. The van der Waals surface area contributed by atoms with Gasteiger partial charge in [-0.2, -0.15) is 14.4 Å². The third-order valence-corrected chi connectivity index (χ3v) is 6.10. The zero-order chi connectivity index (χ0) is 33.4. The Morgan fingerprint density at radius 3 is 1.13 bits per heavy atom. The summed E-state index contributed by atoms with van der Waals surface area (Å²) in [5.74, 6) is -2.95. The molecule has 242 valence electrons. The summed E-state index contributed by atoms with van der Waals surface area (Å²) in [7, 11) is 0. The van der Waals surface area contributed by atoms with Gasteiger partial charge in [-0.1, -0.05) is 61.0 Å². The van der Waals surface area contributed by atoms with Crippen LogP contribution in [0.1, 0.15) is 50.0 Å². The van der Waals surface area contributed by atoms with Gasteiger partial charge in [0, 0.05) is 0 Å². The molecule has 0 aliphatic rings. The average Bonchev–Trinajstić information content (AvgIpc) is 3.09. The molecule has 0 fully saturated rings. The minimum atomic E-state index is -1.50. The van der Waals surface area contributed by atoms with Gasteiger partial charge in [-0.3, -0.25) is 0 Å². The summed E-state index contributed by atoms with van der Waals surface area (Å²) in [6.45, 7) is 1.45. The zero-order valence-corrected chi connectivity index (χ0v) is 24.5. The van der Waals surface area contributed by atoms with E-state index in [1.165, 1.54) is 36.4 Å². The molecule has 0 aromatic heterocycles. The Kier molecular flexibility index (Phi) is 12.9. The lowest BCUT2D eigenvalue weighted by Gasteiger charge is -2.29. The molecule has 0 bridgehead atoms. The highest BCUT2D eigenvalue weighted by Crippen LogP contribution is 2.25. The SMILES string of the molecule is CCC(COC(=O)OOC(=O)c1ccccc1)(COC(=O)OOC(=O)c1ccccc1)COC(=O)OOC(=O)c1ccc(C)cc1. The van der Waals surface area contributed by atoms with E-state index >= 15 is 0 Å². The van der Waals surface area contributed by atoms with Crippen LogP contribution in [0.4, 0.5) is 14.4 Å². The first-order chi connectivity index (χ1) is 22.1. The van der Waals surface area contributed by atoms with Gasteiger partial charge in [0.1, 0.15) is 19.8 Å². The highest BCUT2D eigenvalue weighted by Gasteiger charge is 2.36. The molecule has 15 heteroatoms. The number of rotatable bonds is 10. The lowest BCUT2D eigenvalue weighted by molar-refractivity contribution is -0.217. The van der Waals surface area contributed by atoms with E-state index in [2.05, 4.69) is 29.3 Å². The molecular formula is C31H28O15. The molecule has 3 aromatic rings. The van der Waals surface area contributed by atoms with Gasteiger partial charge in [0.05, 0.1) is 22.1 Å². The Labute approximate surface area is 261 Å². The Morgan fingerprint density at radius 2 is 0.804 bits per heavy atom. The molecule has 0 atom stereocenters. The van der Waals surface area contributed by atoms with E-state index in [4.69, 9.17) is 14.2 Å². The van der Waals surface area contributed by atoms with E-state index < -0.39 is 61.6 Å². The van der Waals surface area contributed by atoms with Gasteiger partial charge < -0.3 is 14.2 Å². The molecule has 46 heavy (non-hydrogen) atoms. The van der Waals surface area contributed by atoms with Crippen molar-refractivity contribution >= 4 is 36.4 Å². The fraction of sp³-hybridized carbons (Fsp3) is 0.226. The molecule has 3 rings (SSSR count). The maximum atomic E-state index is 12.2. The van der Waals surface area contributed by atoms with Crippen LogP contribution in [0.25, 0.3) is 0 Å². The van der Waals surface area contributed by atoms with Crippen LogP contribution < -0.4 is 0 Å². The summed E-state index contributed by atoms with van der Waals surface area (Å²) < 4.78 is 15.0. The lowest BCUT2D eigenvalue weighted by Crippen LogP contribution is -2.39. The molecule has 0 saturated heterocycles. The fourth-order valence-corrected chi connectivity index (χ4v) is 3.34. The summed E-state index contributed by atoms with van der Waals surface area (Å²) >= 11 is 0. The first-order valence-electron chi connectivity index (χ1n) is 13.4. The monoisotopic (exact) mass is 640 g/mol. The summed E-state index contributed by atoms with van der Waals surface area (Å²) in [5.41, 5.74) is -0.332. The number of ether oxygens (including phenoxy) is 3. The van der Waals surface area contributed by atoms with Gasteiger partial charge >= 0.3 is 36.4 Å². The molecule has 0 saturated carbocycles. The third kappa shape index (κ3) is 11.2. The van der Waals surface area contributed by atoms with Crippen molar-refractivity contribution in [2.24, 2.45) is 5.41 Å². The van der Waals surface area contributed by atoms with Gasteiger partial charge in [-0.25, -0.2) is 43.7 Å². The van der Waals surface area contributed by atoms with Crippen LogP contribution in [0.3, 0.4) is 0 Å². The van der Waals surface area contributed by atoms with Crippen molar-refractivity contribution in [3.8, 4) is 0 Å². The van der Waals surface area contributed by atoms with E-state index in [1.54, 1.807) is 55.5 Å². The smallest absolute Gasteiger partial charge is 0.431 e. The number of aryl methyl sites for hydroxylation is 1. The minimum Gasteiger partial charge on any atom is -0.431 e. The molecule has 0 amide bonds. The predicted molar refractivity (Wildman–Crippen MR) is 150 cm³/mol. The third-order valence-electron chi connectivity index (χ3n) is 6.10. The molecule has 0 heterocycles. The normalized spacial score (nSPS) is 10.4. The van der Waals surface area contributed by atoms with Gasteiger partial charge in [-0.05, 0) is 49.7 Å². The molecule has 0 aliphatic heterocycles. The molecular weight excluding hydrogens is 612 g/mol. The Morgan fingerprint density at radius 1 is 0.478 bits per heavy atom. The maximum absolute atomic E-state index is 12.2. The van der Waals surface area contributed by atoms with Crippen molar-refractivity contribution in [3.63, 3.8) is 0 Å². The van der Waals surface area contributed by atoms with Gasteiger partial charge in [0.2, 0.25) is 0 Å². The molecule has 0 spiro atoms. The van der Waals surface area contributed by atoms with Crippen LogP contribution in [0.15, 0.2) is 84.9 Å². The van der Waals surface area contributed by atoms with Crippen molar-refractivity contribution in [1.29, 1.82) is 0 Å². The van der Waals surface area contributed by atoms with Gasteiger partial charge in [-0.15, -0.1) is 0 Å². The zero-order valence-electron chi connectivity index (χ0n) is 24.5. The Balaban J connectivity index is 1.57. The summed E-state index contributed by atoms with van der Waals surface area (Å²) in [6, 6.07) is 21.4. The molecule has 3 aromatic carbocycles. The largest absolute Gasteiger partial charge is 0.549 e. The second-order valence-electron chi connectivity index (χ2n) is 9.43. The van der Waals surface area contributed by atoms with E-state index in [-0.39, 0.29) is 23.1 Å². The van der Waals surface area contributed by atoms with Gasteiger partial charge in [0.25, 0.3) is 0 Å². The van der Waals surface area contributed by atoms with Crippen LogP contribution in [0, 0.1) is 12.3 Å². The number of hydrogen-bond donors (Lipinski definition) is 0. The van der Waals surface area contributed by atoms with Crippen LogP contribution >= 0.6 is 0 Å². The van der Waals surface area contributed by atoms with E-state index in [0.29, 0.717) is 0 Å². The molecule has 0 aliphatic carbocycles. The first-order valence-corrected chi connectivity index (χ1v) is 13.4. The van der Waals surface area contributed by atoms with Crippen LogP contribution in [-0.2, 0) is 43.5 Å². The van der Waals surface area contributed by atoms with E-state index in [0.717, 1.165) is 5.56 Å². The molecule has 15 nitrogen and oxygen atoms in total. The van der Waals surface area contributed by atoms with Crippen molar-refractivity contribution in [3.05, 3.63) is 107 Å². The van der Waals surface area contributed by atoms with E-state index in [1.807, 2.05) is 6.92 Å². The van der Waals surface area contributed by atoms with Crippen LogP contribution in [0.5, 0.6) is 0 Å². The molecule has 0 radical (unpaired) electrons. The number of carbonyl (C=O) groups excluding carboxylic acids is 6. The Bertz CT molecular complexity index is 1420. The van der Waals surface area contributed by atoms with Crippen molar-refractivity contribution in [2.45, 2.75) is 20.3 Å². The predicted octanol–water partition coefficient (Wildman–Crippen LogP) is 5.47. The Hall–Kier alpha value is -6.12. The van der Waals surface area contributed by atoms with Crippen molar-refractivity contribution in [2.75, 3.05) is 19.8 Å². The summed E-state index contributed by atoms with van der Waals surface area (Å²) in [5, 5.41) is 0. The lowest BCUT2D eigenvalue weighted by atomic mass is 9.88. The van der Waals surface area contributed by atoms with E-state index in [9.17, 15) is 28.8 Å². The summed E-state index contributed by atoms with van der Waals surface area (Å²) in [4.78, 5) is 99.2. The van der Waals surface area contributed by atoms with Crippen LogP contribution in [0.2, 0.25) is 0 Å². The maximum Gasteiger partial charge on any atom is 0.549 e. The average molecular weight is 641 g/mol. The van der Waals surface area contributed by atoms with Crippen molar-refractivity contribution < 1.29 is 72.3 Å². The van der Waals surface area contributed by atoms with Crippen LogP contribution in [-0.4, -0.2) is 56.2 Å². The number of benzene rings is 3. The highest BCUT2D eigenvalue weighted by molar-refractivity contribution is 5.90. The number of hydrogen-bond acceptors (Lipinski definition) is 15. The molecule has 0 unspecified atom stereocenters. The quantitative estimate of drug-likeness (QED) is 0.117. The highest BCUT2D eigenvalue weighted by atomic mass is 17.2. The second-order valence-corrected chi connectivity index (χ2v) is 9.43. The topological polar surface area (TPSA) is 185 Å². The summed E-state index contributed by atoms with van der Waals surface area (Å²) in [6.07, 6.45) is -4.37. The second kappa shape index (κ2) is 17.2. The fourth-order valence-electron chi connectivity index (χ4n) is 3.34. The molecule has 0 N–H and O–H groups in total.